The number of nitrogens with zero attached hydrogens (tertiary/aromatic N) is 6. The van der Waals surface area contributed by atoms with Crippen LogP contribution in [-0.2, 0) is 75.1 Å². The third-order valence-corrected chi connectivity index (χ3v) is 15.1. The topological polar surface area (TPSA) is 387 Å². The first-order chi connectivity index (χ1) is 38.6. The number of carbonyl (C=O) groups is 12. The molecule has 8 amide bonds. The van der Waals surface area contributed by atoms with Gasteiger partial charge in [-0.25, -0.2) is 0 Å². The van der Waals surface area contributed by atoms with Crippen LogP contribution >= 0.6 is 0 Å². The standard InChI is InChI=1S/C52H76N12O17/c1-3-31(2)46(50(78)56-35-8-7-32-5-4-6-33-25-37(64(47(32)33)51(35)79)49(77)57-36-26-45(75)81-52(36)80)58-39(66)12-13-53-38(65)11-14-54-48(76)34(9-10-42(69)70)55-40(67)27-59-21-23-63(24-22-59)41(68)28-60-15-17-61(29-43(71)72)19-20-62(18-16-60)30-44(73)74/h4-6,31,34-37,46,52,80H,3,7-30H2,1-2H3,(H,53,65)(H,54,76)(H,55,67)(H,56,78)(H,57,77)(H,58,66)(H,69,70)(H,71,72)(H,73,74)/t31-,34?,35-,36?,37-,46-,52?/m0/s1. The number of nitrogens with one attached hydrogen (secondary N) is 6. The molecule has 0 aromatic heterocycles. The fourth-order valence-electron chi connectivity index (χ4n) is 10.4. The molecule has 5 aliphatic heterocycles. The lowest BCUT2D eigenvalue weighted by atomic mass is 9.97. The SMILES string of the molecule is CC[C@H](C)[C@H](NC(=O)CCNC(=O)CCNC(=O)C(CCC(=O)O)NC(=O)CN1CCN(C(=O)CN2CCN(CC(=O)O)CCN(CC(=O)O)CC2)CC1)C(=O)N[C@H]1CCc2cccc3c2N(C1=O)[C@H](C(=O)NC1CC(=O)OC1O)C3. The summed E-state index contributed by atoms with van der Waals surface area (Å²) in [6.07, 6.45) is -1.76. The predicted molar refractivity (Wildman–Crippen MR) is 283 cm³/mol. The fourth-order valence-corrected chi connectivity index (χ4v) is 10.4. The van der Waals surface area contributed by atoms with Crippen LogP contribution in [0.3, 0.4) is 0 Å². The van der Waals surface area contributed by atoms with Crippen LogP contribution in [0.1, 0.15) is 69.9 Å². The monoisotopic (exact) mass is 1140 g/mol. The molecule has 10 N–H and O–H groups in total. The number of ether oxygens (including phenoxy) is 1. The smallest absolute Gasteiger partial charge is 0.317 e. The predicted octanol–water partition coefficient (Wildman–Crippen LogP) is -4.75. The van der Waals surface area contributed by atoms with Gasteiger partial charge in [-0.2, -0.15) is 0 Å². The molecule has 0 saturated carbocycles. The van der Waals surface area contributed by atoms with E-state index in [0.29, 0.717) is 70.9 Å². The van der Waals surface area contributed by atoms with Crippen LogP contribution in [0.5, 0.6) is 0 Å². The summed E-state index contributed by atoms with van der Waals surface area (Å²) in [4.78, 5) is 164. The molecule has 5 aliphatic rings. The second kappa shape index (κ2) is 29.9. The lowest BCUT2D eigenvalue weighted by Gasteiger charge is -2.36. The first kappa shape index (κ1) is 62.9. The van der Waals surface area contributed by atoms with E-state index in [1.54, 1.807) is 32.6 Å². The van der Waals surface area contributed by atoms with Crippen LogP contribution in [0.4, 0.5) is 5.69 Å². The van der Waals surface area contributed by atoms with E-state index in [4.69, 9.17) is 4.74 Å². The number of piperazine rings is 1. The van der Waals surface area contributed by atoms with Crippen LogP contribution in [0.2, 0.25) is 0 Å². The summed E-state index contributed by atoms with van der Waals surface area (Å²) in [6.45, 7) is 6.12. The third kappa shape index (κ3) is 18.6. The van der Waals surface area contributed by atoms with Crippen molar-refractivity contribution < 1.29 is 82.7 Å². The Morgan fingerprint density at radius 2 is 1.23 bits per heavy atom. The van der Waals surface area contributed by atoms with Gasteiger partial charge in [0.1, 0.15) is 30.2 Å². The van der Waals surface area contributed by atoms with Gasteiger partial charge in [0.05, 0.1) is 38.3 Å². The maximum atomic E-state index is 14.3. The first-order valence-electron chi connectivity index (χ1n) is 27.5. The van der Waals surface area contributed by atoms with Crippen molar-refractivity contribution in [3.05, 3.63) is 29.3 Å². The Morgan fingerprint density at radius 3 is 1.83 bits per heavy atom. The maximum Gasteiger partial charge on any atom is 0.317 e. The number of carbonyl (C=O) groups excluding carboxylic acids is 9. The zero-order valence-corrected chi connectivity index (χ0v) is 45.7. The second-order valence-electron chi connectivity index (χ2n) is 21.0. The Kier molecular flexibility index (Phi) is 23.2. The van der Waals surface area contributed by atoms with E-state index in [9.17, 15) is 78.0 Å². The number of aliphatic hydroxyl groups is 1. The number of amides is 8. The van der Waals surface area contributed by atoms with Crippen molar-refractivity contribution >= 4 is 76.8 Å². The normalized spacial score (nSPS) is 22.0. The highest BCUT2D eigenvalue weighted by atomic mass is 16.6. The number of esters is 1. The van der Waals surface area contributed by atoms with Gasteiger partial charge in [0, 0.05) is 104 Å². The van der Waals surface area contributed by atoms with E-state index in [0.717, 1.165) is 11.1 Å². The van der Waals surface area contributed by atoms with Gasteiger partial charge in [-0.15, -0.1) is 0 Å². The van der Waals surface area contributed by atoms with E-state index in [2.05, 4.69) is 31.9 Å². The van der Waals surface area contributed by atoms with Crippen LogP contribution in [0.15, 0.2) is 18.2 Å². The number of hydrogen-bond acceptors (Lipinski definition) is 18. The van der Waals surface area contributed by atoms with Crippen LogP contribution in [-0.4, -0.2) is 257 Å². The van der Waals surface area contributed by atoms with Gasteiger partial charge in [0.15, 0.2) is 0 Å². The largest absolute Gasteiger partial charge is 0.481 e. The Balaban J connectivity index is 0.914. The van der Waals surface area contributed by atoms with E-state index in [1.165, 1.54) is 4.90 Å². The Labute approximate surface area is 467 Å². The van der Waals surface area contributed by atoms with Crippen LogP contribution in [0.25, 0.3) is 0 Å². The zero-order chi connectivity index (χ0) is 58.9. The quantitative estimate of drug-likeness (QED) is 0.0390. The number of aryl methyl sites for hydroxylation is 1. The van der Waals surface area contributed by atoms with Crippen molar-refractivity contribution in [2.24, 2.45) is 5.92 Å². The molecule has 0 radical (unpaired) electrons. The molecule has 7 atom stereocenters. The molecule has 446 valence electrons. The highest BCUT2D eigenvalue weighted by Gasteiger charge is 2.46. The van der Waals surface area contributed by atoms with Crippen LogP contribution < -0.4 is 36.8 Å². The summed E-state index contributed by atoms with van der Waals surface area (Å²) < 4.78 is 4.76. The van der Waals surface area contributed by atoms with Gasteiger partial charge < -0.3 is 62.0 Å². The van der Waals surface area contributed by atoms with Crippen molar-refractivity contribution in [1.29, 1.82) is 0 Å². The molecule has 5 heterocycles. The number of aliphatic hydroxyl groups excluding tert-OH is 1. The van der Waals surface area contributed by atoms with Crippen LogP contribution in [0, 0.1) is 5.92 Å². The molecule has 1 aromatic rings. The number of para-hydroxylation sites is 1. The number of cyclic esters (lactones) is 1. The van der Waals surface area contributed by atoms with E-state index >= 15 is 0 Å². The minimum atomic E-state index is -1.54. The molecular formula is C52H76N12O17. The second-order valence-corrected chi connectivity index (χ2v) is 21.0. The first-order valence-corrected chi connectivity index (χ1v) is 27.5. The Hall–Kier alpha value is -7.34. The lowest BCUT2D eigenvalue weighted by molar-refractivity contribution is -0.155. The number of rotatable bonds is 26. The number of benzene rings is 1. The summed E-state index contributed by atoms with van der Waals surface area (Å²) in [5.74, 6) is -8.69. The molecule has 6 rings (SSSR count). The number of anilines is 1. The van der Waals surface area contributed by atoms with Crippen molar-refractivity contribution in [2.75, 3.05) is 110 Å². The number of carboxylic acid groups (broad SMARTS) is 3. The van der Waals surface area contributed by atoms with Gasteiger partial charge in [-0.1, -0.05) is 38.5 Å². The molecule has 0 bridgehead atoms. The molecular weight excluding hydrogens is 1060 g/mol. The highest BCUT2D eigenvalue weighted by molar-refractivity contribution is 6.08. The maximum absolute atomic E-state index is 14.3. The minimum absolute atomic E-state index is 0.0269. The van der Waals surface area contributed by atoms with Gasteiger partial charge in [-0.3, -0.25) is 82.0 Å². The average Bonchev–Trinajstić information content (AvgIpc) is 4.12. The summed E-state index contributed by atoms with van der Waals surface area (Å²) in [5, 5.41) is 54.0. The number of carboxylic acids is 3. The average molecular weight is 1140 g/mol. The molecule has 29 heteroatoms. The lowest BCUT2D eigenvalue weighted by Crippen LogP contribution is -2.59. The molecule has 3 saturated heterocycles. The molecule has 81 heavy (non-hydrogen) atoms. The van der Waals surface area contributed by atoms with E-state index in [-0.39, 0.29) is 96.8 Å². The molecule has 0 spiro atoms. The molecule has 1 aromatic carbocycles. The minimum Gasteiger partial charge on any atom is -0.481 e. The van der Waals surface area contributed by atoms with Crippen molar-refractivity contribution in [2.45, 2.75) is 108 Å². The highest BCUT2D eigenvalue weighted by Crippen LogP contribution is 2.39. The molecule has 29 nitrogen and oxygen atoms in total. The summed E-state index contributed by atoms with van der Waals surface area (Å²) in [5.41, 5.74) is 2.11. The number of hydrogen-bond donors (Lipinski definition) is 10. The third-order valence-electron chi connectivity index (χ3n) is 15.1. The number of aliphatic carboxylic acids is 3. The van der Waals surface area contributed by atoms with Gasteiger partial charge in [0.25, 0.3) is 0 Å². The Bertz CT molecular complexity index is 2480. The summed E-state index contributed by atoms with van der Waals surface area (Å²) in [7, 11) is 0. The molecule has 0 aliphatic carbocycles. The van der Waals surface area contributed by atoms with Crippen molar-refractivity contribution in [3.63, 3.8) is 0 Å². The summed E-state index contributed by atoms with van der Waals surface area (Å²) >= 11 is 0. The van der Waals surface area contributed by atoms with Gasteiger partial charge in [0.2, 0.25) is 53.5 Å². The van der Waals surface area contributed by atoms with E-state index < -0.39 is 114 Å². The Morgan fingerprint density at radius 1 is 0.654 bits per heavy atom. The van der Waals surface area contributed by atoms with Crippen molar-refractivity contribution in [3.8, 4) is 0 Å². The molecule has 3 fully saturated rings. The zero-order valence-electron chi connectivity index (χ0n) is 45.7. The summed E-state index contributed by atoms with van der Waals surface area (Å²) in [6, 6.07) is -0.0102. The molecule has 3 unspecified atom stereocenters. The van der Waals surface area contributed by atoms with Gasteiger partial charge >= 0.3 is 23.9 Å². The van der Waals surface area contributed by atoms with Crippen molar-refractivity contribution in [1.82, 2.24) is 56.4 Å². The van der Waals surface area contributed by atoms with E-state index in [1.807, 2.05) is 24.0 Å². The van der Waals surface area contributed by atoms with Gasteiger partial charge in [-0.05, 0) is 36.3 Å². The fraction of sp³-hybridized carbons (Fsp3) is 0.654.